The maximum absolute atomic E-state index is 13.4. The van der Waals surface area contributed by atoms with Gasteiger partial charge in [-0.05, 0) is 41.5 Å². The molecular weight excluding hydrogens is 279 g/mol. The highest BCUT2D eigenvalue weighted by atomic mass is 19.1. The number of aromatic nitrogens is 4. The third-order valence-electron chi connectivity index (χ3n) is 3.70. The van der Waals surface area contributed by atoms with Gasteiger partial charge >= 0.3 is 5.97 Å². The summed E-state index contributed by atoms with van der Waals surface area (Å²) in [5.74, 6) is -0.854. The molecule has 0 aliphatic heterocycles. The lowest BCUT2D eigenvalue weighted by atomic mass is 10.1. The Hall–Kier alpha value is -2.51. The predicted molar refractivity (Wildman–Crippen MR) is 69.1 cm³/mol. The summed E-state index contributed by atoms with van der Waals surface area (Å²) >= 11 is 0. The van der Waals surface area contributed by atoms with Crippen LogP contribution in [0.15, 0.2) is 18.2 Å². The van der Waals surface area contributed by atoms with E-state index in [0.29, 0.717) is 24.2 Å². The second kappa shape index (κ2) is 4.80. The molecule has 2 aromatic rings. The molecule has 0 bridgehead atoms. The number of ether oxygens (including phenoxy) is 1. The zero-order valence-corrected chi connectivity index (χ0v) is 11.3. The first-order chi connectivity index (χ1) is 10.1. The van der Waals surface area contributed by atoms with Crippen molar-refractivity contribution in [3.8, 4) is 17.1 Å². The summed E-state index contributed by atoms with van der Waals surface area (Å²) in [6, 6.07) is 4.27. The Morgan fingerprint density at radius 3 is 2.90 bits per heavy atom. The molecule has 0 radical (unpaired) electrons. The van der Waals surface area contributed by atoms with Gasteiger partial charge in [0.25, 0.3) is 0 Å². The van der Waals surface area contributed by atoms with Crippen LogP contribution in [0.25, 0.3) is 11.4 Å². The normalized spacial score (nSPS) is 15.7. The Bertz CT molecular complexity index is 696. The molecule has 1 aliphatic rings. The maximum Gasteiger partial charge on any atom is 0.311 e. The van der Waals surface area contributed by atoms with Gasteiger partial charge in [0, 0.05) is 5.56 Å². The smallest absolute Gasteiger partial charge is 0.311 e. The molecule has 1 aliphatic carbocycles. The molecule has 1 heterocycles. The molecule has 0 atom stereocenters. The molecule has 1 aromatic heterocycles. The van der Waals surface area contributed by atoms with Crippen molar-refractivity contribution in [3.05, 3.63) is 24.0 Å². The fraction of sp³-hybridized carbons (Fsp3) is 0.385. The summed E-state index contributed by atoms with van der Waals surface area (Å²) < 4.78 is 19.8. The van der Waals surface area contributed by atoms with Gasteiger partial charge in [-0.15, -0.1) is 5.10 Å². The van der Waals surface area contributed by atoms with Crippen LogP contribution >= 0.6 is 0 Å². The van der Waals surface area contributed by atoms with Gasteiger partial charge in [0.05, 0.1) is 19.1 Å². The summed E-state index contributed by atoms with van der Waals surface area (Å²) in [4.78, 5) is 11.3. The van der Waals surface area contributed by atoms with Crippen molar-refractivity contribution in [2.45, 2.75) is 19.4 Å². The molecule has 3 rings (SSSR count). The number of methoxy groups -OCH3 is 1. The van der Waals surface area contributed by atoms with Crippen molar-refractivity contribution < 1.29 is 19.0 Å². The minimum Gasteiger partial charge on any atom is -0.494 e. The van der Waals surface area contributed by atoms with Crippen molar-refractivity contribution in [1.29, 1.82) is 0 Å². The van der Waals surface area contributed by atoms with E-state index < -0.39 is 17.2 Å². The minimum absolute atomic E-state index is 0.0846. The number of nitrogens with zero attached hydrogens (tertiary/aromatic N) is 4. The van der Waals surface area contributed by atoms with Crippen LogP contribution in [0.1, 0.15) is 12.8 Å². The number of tetrazole rings is 1. The van der Waals surface area contributed by atoms with E-state index in [2.05, 4.69) is 15.5 Å². The zero-order chi connectivity index (χ0) is 15.0. The lowest BCUT2D eigenvalue weighted by Gasteiger charge is -2.11. The number of aliphatic carboxylic acids is 1. The van der Waals surface area contributed by atoms with Crippen molar-refractivity contribution in [1.82, 2.24) is 20.2 Å². The number of halogens is 1. The molecule has 1 N–H and O–H groups in total. The Morgan fingerprint density at radius 2 is 2.29 bits per heavy atom. The number of benzene rings is 1. The van der Waals surface area contributed by atoms with Gasteiger partial charge in [-0.25, -0.2) is 9.07 Å². The predicted octanol–water partition coefficient (Wildman–Crippen LogP) is 1.35. The van der Waals surface area contributed by atoms with Gasteiger partial charge in [-0.3, -0.25) is 4.79 Å². The van der Waals surface area contributed by atoms with E-state index in [4.69, 9.17) is 4.74 Å². The fourth-order valence-corrected chi connectivity index (χ4v) is 2.19. The average Bonchev–Trinajstić information content (AvgIpc) is 3.11. The highest BCUT2D eigenvalue weighted by molar-refractivity contribution is 5.77. The first-order valence-electron chi connectivity index (χ1n) is 6.39. The van der Waals surface area contributed by atoms with Gasteiger partial charge in [-0.2, -0.15) is 0 Å². The Morgan fingerprint density at radius 1 is 1.52 bits per heavy atom. The van der Waals surface area contributed by atoms with Crippen LogP contribution in [0, 0.1) is 11.2 Å². The van der Waals surface area contributed by atoms with Gasteiger partial charge in [0.1, 0.15) is 0 Å². The van der Waals surface area contributed by atoms with Gasteiger partial charge in [0.2, 0.25) is 0 Å². The average molecular weight is 292 g/mol. The van der Waals surface area contributed by atoms with Gasteiger partial charge in [0.15, 0.2) is 17.4 Å². The Labute approximate surface area is 119 Å². The largest absolute Gasteiger partial charge is 0.494 e. The highest BCUT2D eigenvalue weighted by Crippen LogP contribution is 2.47. The Balaban J connectivity index is 1.94. The molecule has 7 nitrogen and oxygen atoms in total. The molecule has 0 saturated heterocycles. The molecule has 1 saturated carbocycles. The summed E-state index contributed by atoms with van der Waals surface area (Å²) in [5.41, 5.74) is -0.215. The number of rotatable bonds is 5. The Kier molecular flexibility index (Phi) is 3.08. The van der Waals surface area contributed by atoms with E-state index in [1.165, 1.54) is 30.0 Å². The van der Waals surface area contributed by atoms with E-state index >= 15 is 0 Å². The summed E-state index contributed by atoms with van der Waals surface area (Å²) in [6.07, 6.45) is 1.21. The molecule has 1 fully saturated rings. The number of carbonyl (C=O) groups is 1. The minimum atomic E-state index is -0.847. The first-order valence-corrected chi connectivity index (χ1v) is 6.39. The van der Waals surface area contributed by atoms with Crippen LogP contribution in [0.4, 0.5) is 4.39 Å². The molecular formula is C13H13FN4O3. The third-order valence-corrected chi connectivity index (χ3v) is 3.70. The molecule has 0 spiro atoms. The van der Waals surface area contributed by atoms with E-state index in [-0.39, 0.29) is 12.3 Å². The van der Waals surface area contributed by atoms with Gasteiger partial charge < -0.3 is 9.84 Å². The zero-order valence-electron chi connectivity index (χ0n) is 11.3. The van der Waals surface area contributed by atoms with Crippen molar-refractivity contribution in [2.75, 3.05) is 7.11 Å². The van der Waals surface area contributed by atoms with Crippen LogP contribution in [-0.2, 0) is 11.3 Å². The lowest BCUT2D eigenvalue weighted by molar-refractivity contribution is -0.144. The quantitative estimate of drug-likeness (QED) is 0.894. The van der Waals surface area contributed by atoms with Crippen molar-refractivity contribution in [3.63, 3.8) is 0 Å². The van der Waals surface area contributed by atoms with E-state index in [1.54, 1.807) is 0 Å². The summed E-state index contributed by atoms with van der Waals surface area (Å²) in [5, 5.41) is 20.5. The van der Waals surface area contributed by atoms with E-state index in [9.17, 15) is 14.3 Å². The summed E-state index contributed by atoms with van der Waals surface area (Å²) in [7, 11) is 1.37. The standard InChI is InChI=1S/C13H13FN4O3/c1-21-10-6-8(2-3-9(10)14)11-15-16-17-18(11)7-13(4-5-13)12(19)20/h2-3,6H,4-5,7H2,1H3,(H,19,20). The van der Waals surface area contributed by atoms with Crippen LogP contribution in [0.2, 0.25) is 0 Å². The van der Waals surface area contributed by atoms with Crippen molar-refractivity contribution >= 4 is 5.97 Å². The second-order valence-electron chi connectivity index (χ2n) is 5.09. The topological polar surface area (TPSA) is 90.1 Å². The number of carboxylic acid groups (broad SMARTS) is 1. The maximum atomic E-state index is 13.4. The van der Waals surface area contributed by atoms with Crippen LogP contribution < -0.4 is 4.74 Å². The van der Waals surface area contributed by atoms with Crippen LogP contribution in [0.5, 0.6) is 5.75 Å². The highest BCUT2D eigenvalue weighted by Gasteiger charge is 2.51. The number of carboxylic acids is 1. The van der Waals surface area contributed by atoms with Crippen molar-refractivity contribution in [2.24, 2.45) is 5.41 Å². The third kappa shape index (κ3) is 2.32. The van der Waals surface area contributed by atoms with Crippen LogP contribution in [0.3, 0.4) is 0 Å². The lowest BCUT2D eigenvalue weighted by Crippen LogP contribution is -2.22. The fourth-order valence-electron chi connectivity index (χ4n) is 2.19. The molecule has 21 heavy (non-hydrogen) atoms. The first kappa shape index (κ1) is 13.5. The molecule has 110 valence electrons. The summed E-state index contributed by atoms with van der Waals surface area (Å²) in [6.45, 7) is 0.199. The molecule has 0 amide bonds. The molecule has 1 aromatic carbocycles. The van der Waals surface area contributed by atoms with Gasteiger partial charge in [-0.1, -0.05) is 0 Å². The second-order valence-corrected chi connectivity index (χ2v) is 5.09. The number of hydrogen-bond donors (Lipinski definition) is 1. The monoisotopic (exact) mass is 292 g/mol. The van der Waals surface area contributed by atoms with E-state index in [0.717, 1.165) is 0 Å². The van der Waals surface area contributed by atoms with Crippen LogP contribution in [-0.4, -0.2) is 38.4 Å². The SMILES string of the molecule is COc1cc(-c2nnnn2CC2(C(=O)O)CC2)ccc1F. The number of hydrogen-bond acceptors (Lipinski definition) is 5. The molecule has 8 heteroatoms. The molecule has 0 unspecified atom stereocenters. The van der Waals surface area contributed by atoms with E-state index in [1.807, 2.05) is 0 Å².